The summed E-state index contributed by atoms with van der Waals surface area (Å²) in [6, 6.07) is 9.10. The molecule has 1 N–H and O–H groups in total. The number of pyridine rings is 1. The van der Waals surface area contributed by atoms with Crippen molar-refractivity contribution < 1.29 is 4.79 Å². The normalized spacial score (nSPS) is 14.9. The molecule has 0 fully saturated rings. The van der Waals surface area contributed by atoms with Crippen molar-refractivity contribution in [3.05, 3.63) is 51.1 Å². The first-order chi connectivity index (χ1) is 13.5. The molecule has 1 aliphatic carbocycles. The fourth-order valence-electron chi connectivity index (χ4n) is 3.23. The van der Waals surface area contributed by atoms with Gasteiger partial charge in [0.2, 0.25) is 5.91 Å². The van der Waals surface area contributed by atoms with Gasteiger partial charge in [0, 0.05) is 21.4 Å². The van der Waals surface area contributed by atoms with Crippen LogP contribution in [-0.4, -0.2) is 16.1 Å². The summed E-state index contributed by atoms with van der Waals surface area (Å²) >= 11 is 13.3. The van der Waals surface area contributed by atoms with E-state index in [1.54, 1.807) is 25.1 Å². The number of carbonyl (C=O) groups excluding carboxylic acids is 1. The smallest absolute Gasteiger partial charge is 0.237 e. The van der Waals surface area contributed by atoms with Crippen molar-refractivity contribution in [3.8, 4) is 6.07 Å². The van der Waals surface area contributed by atoms with Crippen LogP contribution in [0.1, 0.15) is 49.4 Å². The highest BCUT2D eigenvalue weighted by Gasteiger charge is 2.20. The van der Waals surface area contributed by atoms with Crippen molar-refractivity contribution >= 4 is 46.6 Å². The van der Waals surface area contributed by atoms with Crippen LogP contribution in [0, 0.1) is 11.3 Å². The summed E-state index contributed by atoms with van der Waals surface area (Å²) in [7, 11) is 0. The van der Waals surface area contributed by atoms with E-state index >= 15 is 0 Å². The second-order valence-corrected chi connectivity index (χ2v) is 9.08. The van der Waals surface area contributed by atoms with Crippen LogP contribution in [0.2, 0.25) is 10.0 Å². The molecule has 1 unspecified atom stereocenters. The SMILES string of the molecule is CC(Sc1nc2c(cc1C#N)CCCCCC2)C(=O)Nc1cc(Cl)cc(Cl)c1. The van der Waals surface area contributed by atoms with E-state index < -0.39 is 5.25 Å². The zero-order valence-corrected chi connectivity index (χ0v) is 17.9. The number of nitrogens with one attached hydrogen (secondary N) is 1. The van der Waals surface area contributed by atoms with E-state index in [9.17, 15) is 10.1 Å². The van der Waals surface area contributed by atoms with Crippen LogP contribution in [0.25, 0.3) is 0 Å². The van der Waals surface area contributed by atoms with Crippen LogP contribution in [0.15, 0.2) is 29.3 Å². The Morgan fingerprint density at radius 2 is 1.82 bits per heavy atom. The Labute approximate surface area is 179 Å². The van der Waals surface area contributed by atoms with Gasteiger partial charge in [0.1, 0.15) is 11.1 Å². The number of nitrogens with zero attached hydrogens (tertiary/aromatic N) is 2. The summed E-state index contributed by atoms with van der Waals surface area (Å²) in [5.41, 5.74) is 3.32. The van der Waals surface area contributed by atoms with E-state index in [1.165, 1.54) is 30.2 Å². The molecule has 0 aliphatic heterocycles. The van der Waals surface area contributed by atoms with E-state index in [4.69, 9.17) is 28.2 Å². The number of amides is 1. The van der Waals surface area contributed by atoms with E-state index in [0.29, 0.717) is 26.3 Å². The van der Waals surface area contributed by atoms with Crippen molar-refractivity contribution in [2.24, 2.45) is 0 Å². The van der Waals surface area contributed by atoms with Gasteiger partial charge in [0.25, 0.3) is 0 Å². The van der Waals surface area contributed by atoms with Gasteiger partial charge in [0.05, 0.1) is 10.8 Å². The zero-order chi connectivity index (χ0) is 20.1. The molecule has 1 aromatic carbocycles. The Morgan fingerprint density at radius 3 is 2.50 bits per heavy atom. The molecule has 7 heteroatoms. The second-order valence-electron chi connectivity index (χ2n) is 6.88. The lowest BCUT2D eigenvalue weighted by molar-refractivity contribution is -0.115. The average molecular weight is 434 g/mol. The minimum Gasteiger partial charge on any atom is -0.325 e. The highest BCUT2D eigenvalue weighted by molar-refractivity contribution is 8.00. The van der Waals surface area contributed by atoms with Crippen LogP contribution < -0.4 is 5.32 Å². The Kier molecular flexibility index (Phi) is 7.23. The van der Waals surface area contributed by atoms with Crippen LogP contribution in [-0.2, 0) is 17.6 Å². The predicted octanol–water partition coefficient (Wildman–Crippen LogP) is 6.04. The van der Waals surface area contributed by atoms with Gasteiger partial charge in [-0.25, -0.2) is 4.98 Å². The number of benzene rings is 1. The number of carbonyl (C=O) groups is 1. The van der Waals surface area contributed by atoms with Crippen molar-refractivity contribution in [1.82, 2.24) is 4.98 Å². The lowest BCUT2D eigenvalue weighted by atomic mass is 9.96. The lowest BCUT2D eigenvalue weighted by Crippen LogP contribution is -2.22. The molecule has 146 valence electrons. The standard InChI is InChI=1S/C21H21Cl2N3OS/c1-13(20(27)25-18-10-16(22)9-17(23)11-18)28-21-15(12-24)8-14-6-4-2-3-5-7-19(14)26-21/h8-11,13H,2-7H2,1H3,(H,25,27). The Bertz CT molecular complexity index is 906. The van der Waals surface area contributed by atoms with Gasteiger partial charge in [-0.1, -0.05) is 47.8 Å². The number of halogens is 2. The highest BCUT2D eigenvalue weighted by atomic mass is 35.5. The maximum Gasteiger partial charge on any atom is 0.237 e. The van der Waals surface area contributed by atoms with Crippen molar-refractivity contribution in [2.45, 2.75) is 55.7 Å². The molecule has 4 nitrogen and oxygen atoms in total. The van der Waals surface area contributed by atoms with E-state index in [-0.39, 0.29) is 5.91 Å². The molecule has 0 bridgehead atoms. The first-order valence-corrected chi connectivity index (χ1v) is 11.0. The molecular formula is C21H21Cl2N3OS. The third kappa shape index (κ3) is 5.41. The minimum absolute atomic E-state index is 0.194. The maximum atomic E-state index is 12.6. The van der Waals surface area contributed by atoms with Gasteiger partial charge in [-0.15, -0.1) is 0 Å². The lowest BCUT2D eigenvalue weighted by Gasteiger charge is -2.17. The third-order valence-corrected chi connectivity index (χ3v) is 6.21. The van der Waals surface area contributed by atoms with Crippen molar-refractivity contribution in [2.75, 3.05) is 5.32 Å². The summed E-state index contributed by atoms with van der Waals surface area (Å²) in [5.74, 6) is -0.194. The molecule has 1 amide bonds. The molecule has 1 heterocycles. The molecular weight excluding hydrogens is 413 g/mol. The number of rotatable bonds is 4. The van der Waals surface area contributed by atoms with Crippen LogP contribution in [0.3, 0.4) is 0 Å². The number of aryl methyl sites for hydroxylation is 2. The topological polar surface area (TPSA) is 65.8 Å². The van der Waals surface area contributed by atoms with E-state index in [1.807, 2.05) is 6.07 Å². The molecule has 2 aromatic rings. The van der Waals surface area contributed by atoms with Gasteiger partial charge in [0.15, 0.2) is 0 Å². The molecule has 0 radical (unpaired) electrons. The number of hydrogen-bond acceptors (Lipinski definition) is 4. The summed E-state index contributed by atoms with van der Waals surface area (Å²) in [5, 5.41) is 13.5. The van der Waals surface area contributed by atoms with Crippen molar-refractivity contribution in [3.63, 3.8) is 0 Å². The number of hydrogen-bond donors (Lipinski definition) is 1. The minimum atomic E-state index is -0.427. The maximum absolute atomic E-state index is 12.6. The molecule has 1 atom stereocenters. The van der Waals surface area contributed by atoms with Crippen LogP contribution in [0.4, 0.5) is 5.69 Å². The number of fused-ring (bicyclic) bond motifs is 1. The first kappa shape index (κ1) is 21.0. The molecule has 28 heavy (non-hydrogen) atoms. The third-order valence-electron chi connectivity index (χ3n) is 4.67. The molecule has 0 saturated carbocycles. The zero-order valence-electron chi connectivity index (χ0n) is 15.6. The van der Waals surface area contributed by atoms with Crippen LogP contribution in [0.5, 0.6) is 0 Å². The average Bonchev–Trinajstić information content (AvgIpc) is 2.61. The van der Waals surface area contributed by atoms with Crippen molar-refractivity contribution in [1.29, 1.82) is 5.26 Å². The van der Waals surface area contributed by atoms with Gasteiger partial charge in [-0.2, -0.15) is 5.26 Å². The van der Waals surface area contributed by atoms with Gasteiger partial charge < -0.3 is 5.32 Å². The molecule has 0 spiro atoms. The summed E-state index contributed by atoms with van der Waals surface area (Å²) in [4.78, 5) is 17.4. The summed E-state index contributed by atoms with van der Waals surface area (Å²) in [6.07, 6.45) is 6.57. The number of thioether (sulfide) groups is 1. The number of aromatic nitrogens is 1. The van der Waals surface area contributed by atoms with Gasteiger partial charge in [-0.05, 0) is 62.4 Å². The summed E-state index contributed by atoms with van der Waals surface area (Å²) < 4.78 is 0. The molecule has 1 aliphatic rings. The van der Waals surface area contributed by atoms with E-state index in [2.05, 4.69) is 11.4 Å². The summed E-state index contributed by atoms with van der Waals surface area (Å²) in [6.45, 7) is 1.80. The Balaban J connectivity index is 1.77. The van der Waals surface area contributed by atoms with Gasteiger partial charge in [-0.3, -0.25) is 4.79 Å². The first-order valence-electron chi connectivity index (χ1n) is 9.33. The van der Waals surface area contributed by atoms with Gasteiger partial charge >= 0.3 is 0 Å². The fourth-order valence-corrected chi connectivity index (χ4v) is 4.65. The Hall–Kier alpha value is -1.74. The molecule has 1 aromatic heterocycles. The molecule has 0 saturated heterocycles. The predicted molar refractivity (Wildman–Crippen MR) is 115 cm³/mol. The number of anilines is 1. The highest BCUT2D eigenvalue weighted by Crippen LogP contribution is 2.30. The largest absolute Gasteiger partial charge is 0.325 e. The van der Waals surface area contributed by atoms with Crippen LogP contribution >= 0.6 is 35.0 Å². The van der Waals surface area contributed by atoms with E-state index in [0.717, 1.165) is 31.4 Å². The quantitative estimate of drug-likeness (QED) is 0.596. The second kappa shape index (κ2) is 9.65. The fraction of sp³-hybridized carbons (Fsp3) is 0.381. The monoisotopic (exact) mass is 433 g/mol. The number of nitriles is 1. The molecule has 3 rings (SSSR count). The Morgan fingerprint density at radius 1 is 1.14 bits per heavy atom.